The summed E-state index contributed by atoms with van der Waals surface area (Å²) in [6.07, 6.45) is 5.94. The van der Waals surface area contributed by atoms with Crippen LogP contribution in [0.25, 0.3) is 232 Å². The van der Waals surface area contributed by atoms with E-state index in [1.807, 2.05) is 12.4 Å². The molecule has 14 aromatic carbocycles. The average molecular weight is 1350 g/mol. The topological polar surface area (TPSA) is 71.3 Å². The van der Waals surface area contributed by atoms with Gasteiger partial charge in [0.25, 0.3) is 0 Å². The molecule has 0 bridgehead atoms. The zero-order valence-electron chi connectivity index (χ0n) is 56.9. The second kappa shape index (κ2) is 21.6. The van der Waals surface area contributed by atoms with Crippen molar-refractivity contribution in [1.29, 1.82) is 0 Å². The number of para-hydroxylation sites is 4. The van der Waals surface area contributed by atoms with E-state index in [0.717, 1.165) is 134 Å². The van der Waals surface area contributed by atoms with Crippen molar-refractivity contribution < 1.29 is 0 Å². The molecular formula is C98H56N8. The summed E-state index contributed by atoms with van der Waals surface area (Å²) >= 11 is 0. The Labute approximate surface area is 606 Å². The van der Waals surface area contributed by atoms with E-state index >= 15 is 0 Å². The largest absolute Gasteiger partial charge is 0.309 e. The Morgan fingerprint density at radius 3 is 1.29 bits per heavy atom. The van der Waals surface area contributed by atoms with Crippen LogP contribution in [0.4, 0.5) is 0 Å². The fourth-order valence-corrected chi connectivity index (χ4v) is 18.3. The minimum Gasteiger partial charge on any atom is -0.309 e. The molecule has 0 saturated carbocycles. The van der Waals surface area contributed by atoms with Crippen molar-refractivity contribution in [2.75, 3.05) is 0 Å². The number of nitrogens with zero attached hydrogens (tertiary/aromatic N) is 8. The van der Waals surface area contributed by atoms with Gasteiger partial charge in [0.2, 0.25) is 0 Å². The molecule has 106 heavy (non-hydrogen) atoms. The van der Waals surface area contributed by atoms with Gasteiger partial charge in [0.05, 0.1) is 60.9 Å². The van der Waals surface area contributed by atoms with Crippen LogP contribution in [0.5, 0.6) is 0 Å². The summed E-state index contributed by atoms with van der Waals surface area (Å²) in [5.41, 5.74) is 31.6. The standard InChI is InChI=1S/C98H56N8/c1-2-17-65(18-3-1)103-92-43-39-64(51-80(92)98-67-20-5-4-15-58(67)35-44-93(98)103)63-38-42-91-77(50-63)71-23-8-11-30-88(71)106(91)95-54-79-74-52-85(100-56-82(74)73-25-14-27-84(102-95)97(73)79)59-33-31-57(32-34-59)60-16-12-19-66(47-60)104-86-28-9-6-21-69(86)75-48-61(36-40-89(75)104)62-37-41-90-76(49-62)70-22-7-10-29-87(70)105(90)94-53-78-68-45-46-99-55-81(68)72-24-13-26-83(101-94)96(72)78/h1-56H. The van der Waals surface area contributed by atoms with Gasteiger partial charge in [0.15, 0.2) is 0 Å². The lowest BCUT2D eigenvalue weighted by molar-refractivity contribution is 1.10. The van der Waals surface area contributed by atoms with Gasteiger partial charge in [-0.1, -0.05) is 188 Å². The number of pyridine rings is 4. The van der Waals surface area contributed by atoms with Crippen LogP contribution in [0.2, 0.25) is 0 Å². The molecule has 0 amide bonds. The molecule has 8 nitrogen and oxygen atoms in total. The summed E-state index contributed by atoms with van der Waals surface area (Å²) in [5.74, 6) is 1.79. The average Bonchev–Trinajstić information content (AvgIpc) is 1.57. The SMILES string of the molecule is c1ccc(-n2c3ccc(-c4ccc5c(c4)c4ccccc4n5-c4cc5c6c(cccc6n4)-c4cnc(-c6ccc(-c7cccc(-n8c9ccccc9c9cc(-c%10ccc%11c(c%10)c%10ccccc%10n%11-c%10cc%11c%12c(cccc%12n%10)-c%10cnccc%10-%11)ccc98)c7)cc6)cc4-5)cc3c3c4ccccc4ccc32)cc1. The van der Waals surface area contributed by atoms with E-state index in [1.54, 1.807) is 0 Å². The predicted octanol–water partition coefficient (Wildman–Crippen LogP) is 25.1. The van der Waals surface area contributed by atoms with Gasteiger partial charge < -0.3 is 9.13 Å². The molecule has 8 heterocycles. The van der Waals surface area contributed by atoms with Crippen LogP contribution in [-0.2, 0) is 0 Å². The molecule has 0 radical (unpaired) electrons. The molecule has 22 aromatic rings. The first-order chi connectivity index (χ1) is 52.5. The number of rotatable bonds is 8. The van der Waals surface area contributed by atoms with Crippen LogP contribution < -0.4 is 0 Å². The molecular weight excluding hydrogens is 1290 g/mol. The second-order valence-electron chi connectivity index (χ2n) is 28.5. The van der Waals surface area contributed by atoms with Gasteiger partial charge in [-0.25, -0.2) is 9.97 Å². The maximum atomic E-state index is 5.52. The first-order valence-corrected chi connectivity index (χ1v) is 36.2. The quantitative estimate of drug-likeness (QED) is 0.152. The van der Waals surface area contributed by atoms with E-state index < -0.39 is 0 Å². The van der Waals surface area contributed by atoms with Crippen LogP contribution in [0.3, 0.4) is 0 Å². The summed E-state index contributed by atoms with van der Waals surface area (Å²) in [7, 11) is 0. The maximum absolute atomic E-state index is 5.52. The highest BCUT2D eigenvalue weighted by Crippen LogP contribution is 2.51. The number of aromatic nitrogens is 8. The molecule has 0 aliphatic heterocycles. The van der Waals surface area contributed by atoms with Crippen molar-refractivity contribution in [3.05, 3.63) is 340 Å². The van der Waals surface area contributed by atoms with Crippen LogP contribution in [0.1, 0.15) is 0 Å². The van der Waals surface area contributed by atoms with Crippen LogP contribution in [-0.4, -0.2) is 38.2 Å². The minimum absolute atomic E-state index is 0.882. The lowest BCUT2D eigenvalue weighted by Crippen LogP contribution is -1.98. The van der Waals surface area contributed by atoms with E-state index in [9.17, 15) is 0 Å². The maximum Gasteiger partial charge on any atom is 0.138 e. The Balaban J connectivity index is 0.554. The molecule has 0 saturated heterocycles. The molecule has 8 heteroatoms. The zero-order valence-corrected chi connectivity index (χ0v) is 56.9. The number of hydrogen-bond donors (Lipinski definition) is 0. The third kappa shape index (κ3) is 8.12. The Morgan fingerprint density at radius 2 is 0.670 bits per heavy atom. The highest BCUT2D eigenvalue weighted by molar-refractivity contribution is 6.23. The summed E-state index contributed by atoms with van der Waals surface area (Å²) < 4.78 is 9.53. The lowest BCUT2D eigenvalue weighted by Gasteiger charge is -2.12. The zero-order chi connectivity index (χ0) is 69.0. The summed E-state index contributed by atoms with van der Waals surface area (Å²) in [6.45, 7) is 0. The van der Waals surface area contributed by atoms with Gasteiger partial charge >= 0.3 is 0 Å². The van der Waals surface area contributed by atoms with Gasteiger partial charge in [0, 0.05) is 101 Å². The van der Waals surface area contributed by atoms with Crippen molar-refractivity contribution in [1.82, 2.24) is 38.2 Å². The molecule has 0 fully saturated rings. The first-order valence-electron chi connectivity index (χ1n) is 36.2. The van der Waals surface area contributed by atoms with Gasteiger partial charge in [-0.15, -0.1) is 0 Å². The van der Waals surface area contributed by atoms with Gasteiger partial charge in [-0.2, -0.15) is 0 Å². The van der Waals surface area contributed by atoms with Crippen molar-refractivity contribution in [3.8, 4) is 112 Å². The van der Waals surface area contributed by atoms with E-state index in [0.29, 0.717) is 0 Å². The number of benzene rings is 14. The fraction of sp³-hybridized carbons (Fsp3) is 0. The predicted molar refractivity (Wildman–Crippen MR) is 438 cm³/mol. The lowest BCUT2D eigenvalue weighted by atomic mass is 9.99. The smallest absolute Gasteiger partial charge is 0.138 e. The fourth-order valence-electron chi connectivity index (χ4n) is 18.3. The molecule has 0 N–H and O–H groups in total. The molecule has 488 valence electrons. The number of fused-ring (bicyclic) bond motifs is 20. The summed E-state index contributed by atoms with van der Waals surface area (Å²) in [6, 6.07) is 118. The Bertz CT molecular complexity index is 7640. The Morgan fingerprint density at radius 1 is 0.217 bits per heavy atom. The van der Waals surface area contributed by atoms with Gasteiger partial charge in [-0.3, -0.25) is 19.1 Å². The monoisotopic (exact) mass is 1340 g/mol. The van der Waals surface area contributed by atoms with Crippen LogP contribution >= 0.6 is 0 Å². The van der Waals surface area contributed by atoms with E-state index in [2.05, 4.69) is 351 Å². The molecule has 2 aliphatic carbocycles. The normalized spacial score (nSPS) is 12.3. The highest BCUT2D eigenvalue weighted by Gasteiger charge is 2.29. The molecule has 8 aromatic heterocycles. The van der Waals surface area contributed by atoms with E-state index in [4.69, 9.17) is 15.0 Å². The van der Waals surface area contributed by atoms with Crippen molar-refractivity contribution in [2.24, 2.45) is 0 Å². The van der Waals surface area contributed by atoms with Crippen LogP contribution in [0.15, 0.2) is 340 Å². The Kier molecular flexibility index (Phi) is 11.7. The third-order valence-electron chi connectivity index (χ3n) is 23.0. The second-order valence-corrected chi connectivity index (χ2v) is 28.5. The minimum atomic E-state index is 0.882. The first kappa shape index (κ1) is 57.3. The van der Waals surface area contributed by atoms with Gasteiger partial charge in [-0.05, 0) is 211 Å². The molecule has 0 unspecified atom stereocenters. The van der Waals surface area contributed by atoms with Crippen molar-refractivity contribution >= 4 is 120 Å². The molecule has 24 rings (SSSR count). The van der Waals surface area contributed by atoms with Crippen molar-refractivity contribution in [2.45, 2.75) is 0 Å². The van der Waals surface area contributed by atoms with E-state index in [-0.39, 0.29) is 0 Å². The van der Waals surface area contributed by atoms with Gasteiger partial charge in [0.1, 0.15) is 11.6 Å². The van der Waals surface area contributed by atoms with Crippen LogP contribution in [0, 0.1) is 0 Å². The molecule has 2 aliphatic rings. The Hall–Kier alpha value is -14.3. The third-order valence-corrected chi connectivity index (χ3v) is 23.0. The summed E-state index contributed by atoms with van der Waals surface area (Å²) in [5, 5.41) is 14.5. The summed E-state index contributed by atoms with van der Waals surface area (Å²) in [4.78, 5) is 20.6. The number of hydrogen-bond acceptors (Lipinski definition) is 4. The highest BCUT2D eigenvalue weighted by atomic mass is 15.1. The molecule has 0 atom stereocenters. The molecule has 0 spiro atoms. The van der Waals surface area contributed by atoms with E-state index in [1.165, 1.54) is 98.1 Å². The van der Waals surface area contributed by atoms with Crippen molar-refractivity contribution in [3.63, 3.8) is 0 Å².